The quantitative estimate of drug-likeness (QED) is 0.816. The van der Waals surface area contributed by atoms with E-state index in [0.717, 1.165) is 22.2 Å². The molecule has 1 N–H and O–H groups in total. The highest BCUT2D eigenvalue weighted by Gasteiger charge is 2.42. The number of hydrogen-bond acceptors (Lipinski definition) is 6. The molecule has 0 saturated heterocycles. The Labute approximate surface area is 126 Å². The number of carbonyl (C=O) groups is 1. The third kappa shape index (κ3) is 3.13. The highest BCUT2D eigenvalue weighted by atomic mass is 32.2. The van der Waals surface area contributed by atoms with Crippen LogP contribution >= 0.6 is 23.1 Å². The van der Waals surface area contributed by atoms with E-state index in [2.05, 4.69) is 21.6 Å². The van der Waals surface area contributed by atoms with Gasteiger partial charge in [-0.1, -0.05) is 23.1 Å². The fourth-order valence-electron chi connectivity index (χ4n) is 2.11. The van der Waals surface area contributed by atoms with Gasteiger partial charge in [0.1, 0.15) is 10.5 Å². The number of aromatic nitrogens is 2. The SMILES string of the molecule is C[C@@](C#N)(NC(=O)CSc1nnc(C2CC2)s1)C1CC1. The molecule has 1 aromatic rings. The normalized spacial score (nSPS) is 21.0. The van der Waals surface area contributed by atoms with Crippen LogP contribution in [0.25, 0.3) is 0 Å². The minimum Gasteiger partial charge on any atom is -0.337 e. The van der Waals surface area contributed by atoms with E-state index in [4.69, 9.17) is 0 Å². The molecule has 0 aliphatic heterocycles. The molecule has 1 amide bonds. The van der Waals surface area contributed by atoms with Gasteiger partial charge in [-0.3, -0.25) is 4.79 Å². The first-order chi connectivity index (χ1) is 9.60. The van der Waals surface area contributed by atoms with Gasteiger partial charge in [0, 0.05) is 5.92 Å². The lowest BCUT2D eigenvalue weighted by Crippen LogP contribution is -2.47. The van der Waals surface area contributed by atoms with Crippen molar-refractivity contribution in [1.29, 1.82) is 5.26 Å². The van der Waals surface area contributed by atoms with Crippen LogP contribution < -0.4 is 5.32 Å². The first kappa shape index (κ1) is 13.8. The third-order valence-electron chi connectivity index (χ3n) is 3.70. The minimum absolute atomic E-state index is 0.103. The van der Waals surface area contributed by atoms with Gasteiger partial charge in [0.15, 0.2) is 4.34 Å². The molecule has 3 rings (SSSR count). The summed E-state index contributed by atoms with van der Waals surface area (Å²) in [5.41, 5.74) is -0.710. The van der Waals surface area contributed by atoms with Gasteiger partial charge in [0.05, 0.1) is 11.8 Å². The fraction of sp³-hybridized carbons (Fsp3) is 0.692. The third-order valence-corrected chi connectivity index (χ3v) is 5.92. The Morgan fingerprint density at radius 3 is 2.85 bits per heavy atom. The van der Waals surface area contributed by atoms with Crippen LogP contribution in [0.3, 0.4) is 0 Å². The maximum Gasteiger partial charge on any atom is 0.231 e. The second-order valence-electron chi connectivity index (χ2n) is 5.61. The number of nitrogens with zero attached hydrogens (tertiary/aromatic N) is 3. The van der Waals surface area contributed by atoms with E-state index in [0.29, 0.717) is 17.6 Å². The summed E-state index contributed by atoms with van der Waals surface area (Å²) in [6.07, 6.45) is 4.47. The average Bonchev–Trinajstić information content (AvgIpc) is 3.34. The predicted molar refractivity (Wildman–Crippen MR) is 77.5 cm³/mol. The second-order valence-corrected chi connectivity index (χ2v) is 7.84. The molecule has 20 heavy (non-hydrogen) atoms. The molecule has 2 saturated carbocycles. The molecule has 1 heterocycles. The van der Waals surface area contributed by atoms with Crippen molar-refractivity contribution >= 4 is 29.0 Å². The first-order valence-electron chi connectivity index (χ1n) is 6.79. The van der Waals surface area contributed by atoms with Gasteiger partial charge in [-0.25, -0.2) is 0 Å². The molecule has 2 aliphatic carbocycles. The summed E-state index contributed by atoms with van der Waals surface area (Å²) in [6, 6.07) is 2.23. The Balaban J connectivity index is 1.49. The Morgan fingerprint density at radius 1 is 1.50 bits per heavy atom. The van der Waals surface area contributed by atoms with Gasteiger partial charge < -0.3 is 5.32 Å². The number of hydrogen-bond donors (Lipinski definition) is 1. The monoisotopic (exact) mass is 308 g/mol. The number of rotatable bonds is 6. The van der Waals surface area contributed by atoms with Crippen LogP contribution in [0.15, 0.2) is 4.34 Å². The van der Waals surface area contributed by atoms with E-state index in [1.54, 1.807) is 11.3 Å². The van der Waals surface area contributed by atoms with Crippen molar-refractivity contribution in [2.75, 3.05) is 5.75 Å². The topological polar surface area (TPSA) is 78.7 Å². The zero-order valence-corrected chi connectivity index (χ0v) is 12.9. The van der Waals surface area contributed by atoms with Crippen LogP contribution in [0, 0.1) is 17.2 Å². The standard InChI is InChI=1S/C13H16N4OS2/c1-13(7-14,9-4-5-9)15-10(18)6-19-12-17-16-11(20-12)8-2-3-8/h8-9H,2-6H2,1H3,(H,15,18)/t13-/m0/s1. The largest absolute Gasteiger partial charge is 0.337 e. The summed E-state index contributed by atoms with van der Waals surface area (Å²) >= 11 is 2.98. The lowest BCUT2D eigenvalue weighted by Gasteiger charge is -2.22. The molecule has 1 atom stereocenters. The molecule has 5 nitrogen and oxygen atoms in total. The Bertz CT molecular complexity index is 559. The molecule has 0 spiro atoms. The van der Waals surface area contributed by atoms with E-state index in [1.165, 1.54) is 24.6 Å². The minimum atomic E-state index is -0.710. The van der Waals surface area contributed by atoms with Gasteiger partial charge in [-0.15, -0.1) is 10.2 Å². The lowest BCUT2D eigenvalue weighted by molar-refractivity contribution is -0.119. The molecular formula is C13H16N4OS2. The smallest absolute Gasteiger partial charge is 0.231 e. The van der Waals surface area contributed by atoms with Crippen LogP contribution in [-0.2, 0) is 4.79 Å². The summed E-state index contributed by atoms with van der Waals surface area (Å²) in [4.78, 5) is 11.9. The Kier molecular flexibility index (Phi) is 3.69. The van der Waals surface area contributed by atoms with Gasteiger partial charge in [-0.2, -0.15) is 5.26 Å². The van der Waals surface area contributed by atoms with Crippen molar-refractivity contribution < 1.29 is 4.79 Å². The van der Waals surface area contributed by atoms with Crippen LogP contribution in [-0.4, -0.2) is 27.4 Å². The van der Waals surface area contributed by atoms with Crippen LogP contribution in [0.4, 0.5) is 0 Å². The summed E-state index contributed by atoms with van der Waals surface area (Å²) in [5, 5.41) is 21.4. The predicted octanol–water partition coefficient (Wildman–Crippen LogP) is 2.32. The van der Waals surface area contributed by atoms with E-state index < -0.39 is 5.54 Å². The van der Waals surface area contributed by atoms with E-state index in [9.17, 15) is 10.1 Å². The van der Waals surface area contributed by atoms with E-state index in [1.807, 2.05) is 6.92 Å². The summed E-state index contributed by atoms with van der Waals surface area (Å²) in [5.74, 6) is 1.11. The zero-order valence-electron chi connectivity index (χ0n) is 11.3. The summed E-state index contributed by atoms with van der Waals surface area (Å²) in [6.45, 7) is 1.81. The molecular weight excluding hydrogens is 292 g/mol. The van der Waals surface area contributed by atoms with Crippen LogP contribution in [0.1, 0.15) is 43.5 Å². The molecule has 1 aromatic heterocycles. The van der Waals surface area contributed by atoms with Crippen molar-refractivity contribution in [2.24, 2.45) is 5.92 Å². The van der Waals surface area contributed by atoms with Gasteiger partial charge in [0.25, 0.3) is 0 Å². The number of nitrogens with one attached hydrogen (secondary N) is 1. The second kappa shape index (κ2) is 5.34. The molecule has 0 bridgehead atoms. The Morgan fingerprint density at radius 2 is 2.25 bits per heavy atom. The van der Waals surface area contributed by atoms with E-state index in [-0.39, 0.29) is 5.91 Å². The highest BCUT2D eigenvalue weighted by molar-refractivity contribution is 8.01. The van der Waals surface area contributed by atoms with Crippen molar-refractivity contribution in [3.05, 3.63) is 5.01 Å². The van der Waals surface area contributed by atoms with Crippen molar-refractivity contribution in [3.8, 4) is 6.07 Å². The molecule has 7 heteroatoms. The molecule has 0 unspecified atom stereocenters. The van der Waals surface area contributed by atoms with Crippen molar-refractivity contribution in [2.45, 2.75) is 48.4 Å². The maximum atomic E-state index is 11.9. The molecule has 2 fully saturated rings. The number of amides is 1. The highest BCUT2D eigenvalue weighted by Crippen LogP contribution is 2.42. The average molecular weight is 308 g/mol. The van der Waals surface area contributed by atoms with E-state index >= 15 is 0 Å². The molecule has 0 aromatic carbocycles. The fourth-order valence-corrected chi connectivity index (χ4v) is 3.95. The number of carbonyl (C=O) groups excluding carboxylic acids is 1. The molecule has 106 valence electrons. The first-order valence-corrected chi connectivity index (χ1v) is 8.59. The van der Waals surface area contributed by atoms with Crippen molar-refractivity contribution in [3.63, 3.8) is 0 Å². The Hall–Kier alpha value is -1.13. The summed E-state index contributed by atoms with van der Waals surface area (Å²) < 4.78 is 0.840. The maximum absolute atomic E-state index is 11.9. The number of nitriles is 1. The zero-order chi connectivity index (χ0) is 14.2. The van der Waals surface area contributed by atoms with Crippen molar-refractivity contribution in [1.82, 2.24) is 15.5 Å². The van der Waals surface area contributed by atoms with Crippen LogP contribution in [0.5, 0.6) is 0 Å². The lowest BCUT2D eigenvalue weighted by atomic mass is 9.98. The molecule has 0 radical (unpaired) electrons. The van der Waals surface area contributed by atoms with Crippen LogP contribution in [0.2, 0.25) is 0 Å². The van der Waals surface area contributed by atoms with Gasteiger partial charge >= 0.3 is 0 Å². The number of thioether (sulfide) groups is 1. The summed E-state index contributed by atoms with van der Waals surface area (Å²) in [7, 11) is 0. The van der Waals surface area contributed by atoms with Gasteiger partial charge in [0.2, 0.25) is 5.91 Å². The molecule has 2 aliphatic rings. The van der Waals surface area contributed by atoms with Gasteiger partial charge in [-0.05, 0) is 38.5 Å².